The van der Waals surface area contributed by atoms with Gasteiger partial charge in [-0.25, -0.2) is 4.98 Å². The van der Waals surface area contributed by atoms with Crippen molar-refractivity contribution < 1.29 is 19.1 Å². The van der Waals surface area contributed by atoms with Gasteiger partial charge in [0.15, 0.2) is 0 Å². The number of oxazole rings is 1. The van der Waals surface area contributed by atoms with Crippen molar-refractivity contribution in [2.45, 2.75) is 45.1 Å². The molecule has 41 heavy (non-hydrogen) atoms. The zero-order valence-corrected chi connectivity index (χ0v) is 23.6. The minimum absolute atomic E-state index is 0.108. The van der Waals surface area contributed by atoms with Gasteiger partial charge in [0.25, 0.3) is 0 Å². The second-order valence-corrected chi connectivity index (χ2v) is 11.1. The third-order valence-electron chi connectivity index (χ3n) is 8.34. The van der Waals surface area contributed by atoms with E-state index in [9.17, 15) is 4.79 Å². The lowest BCUT2D eigenvalue weighted by Crippen LogP contribution is -2.45. The number of hydrogen-bond donors (Lipinski definition) is 1. The molecule has 212 valence electrons. The molecule has 0 unspecified atom stereocenters. The van der Waals surface area contributed by atoms with Gasteiger partial charge >= 0.3 is 5.97 Å². The summed E-state index contributed by atoms with van der Waals surface area (Å²) >= 11 is 0. The first-order valence-electron chi connectivity index (χ1n) is 14.6. The quantitative estimate of drug-likeness (QED) is 0.255. The number of benzene rings is 3. The Labute approximate surface area is 241 Å². The summed E-state index contributed by atoms with van der Waals surface area (Å²) in [7, 11) is 0. The Morgan fingerprint density at radius 2 is 1.80 bits per heavy atom. The number of aliphatic carboxylic acids is 1. The third-order valence-corrected chi connectivity index (χ3v) is 8.34. The summed E-state index contributed by atoms with van der Waals surface area (Å²) in [5.74, 6) is 1.63. The van der Waals surface area contributed by atoms with E-state index in [1.54, 1.807) is 0 Å². The Morgan fingerprint density at radius 1 is 1.02 bits per heavy atom. The van der Waals surface area contributed by atoms with Crippen LogP contribution in [0.15, 0.2) is 77.2 Å². The van der Waals surface area contributed by atoms with Crippen LogP contribution >= 0.6 is 0 Å². The van der Waals surface area contributed by atoms with Crippen molar-refractivity contribution in [1.82, 2.24) is 9.88 Å². The van der Waals surface area contributed by atoms with Gasteiger partial charge in [-0.1, -0.05) is 36.4 Å². The van der Waals surface area contributed by atoms with Crippen LogP contribution in [0.5, 0.6) is 5.75 Å². The second-order valence-electron chi connectivity index (χ2n) is 11.1. The average molecular weight is 552 g/mol. The zero-order valence-electron chi connectivity index (χ0n) is 23.6. The van der Waals surface area contributed by atoms with Crippen molar-refractivity contribution in [3.05, 3.63) is 101 Å². The van der Waals surface area contributed by atoms with Crippen LogP contribution in [0.2, 0.25) is 0 Å². The van der Waals surface area contributed by atoms with E-state index < -0.39 is 5.97 Å². The molecule has 1 aliphatic heterocycles. The van der Waals surface area contributed by atoms with Crippen LogP contribution in [0.3, 0.4) is 0 Å². The summed E-state index contributed by atoms with van der Waals surface area (Å²) in [6.45, 7) is 7.60. The first-order valence-corrected chi connectivity index (χ1v) is 14.6. The van der Waals surface area contributed by atoms with Crippen molar-refractivity contribution >= 4 is 11.7 Å². The lowest BCUT2D eigenvalue weighted by atomic mass is 9.98. The molecular weight excluding hydrogens is 514 g/mol. The van der Waals surface area contributed by atoms with Crippen LogP contribution in [0, 0.1) is 6.92 Å². The SMILES string of the molecule is Cc1oc(-c2ccc(N3CCN(Cc4ccccc4)CC3)cc2)nc1CCOc1ccc2c(c1)CC[C@H]2CC(=O)O. The van der Waals surface area contributed by atoms with Crippen LogP contribution in [0.4, 0.5) is 5.69 Å². The molecule has 3 aromatic carbocycles. The summed E-state index contributed by atoms with van der Waals surface area (Å²) in [6.07, 6.45) is 2.63. The molecule has 1 atom stereocenters. The minimum Gasteiger partial charge on any atom is -0.493 e. The summed E-state index contributed by atoms with van der Waals surface area (Å²) in [5.41, 5.74) is 6.82. The number of carboxylic acid groups (broad SMARTS) is 1. The zero-order chi connectivity index (χ0) is 28.2. The lowest BCUT2D eigenvalue weighted by Gasteiger charge is -2.36. The Kier molecular flexibility index (Phi) is 8.05. The van der Waals surface area contributed by atoms with Crippen LogP contribution in [-0.4, -0.2) is 53.7 Å². The van der Waals surface area contributed by atoms with Crippen LogP contribution in [0.1, 0.15) is 46.9 Å². The predicted molar refractivity (Wildman–Crippen MR) is 160 cm³/mol. The molecule has 2 heterocycles. The van der Waals surface area contributed by atoms with Crippen molar-refractivity contribution in [2.75, 3.05) is 37.7 Å². The molecule has 2 aliphatic rings. The number of fused-ring (bicyclic) bond motifs is 1. The van der Waals surface area contributed by atoms with E-state index in [2.05, 4.69) is 70.5 Å². The molecule has 6 rings (SSSR count). The molecule has 1 aliphatic carbocycles. The first kappa shape index (κ1) is 27.1. The summed E-state index contributed by atoms with van der Waals surface area (Å²) in [4.78, 5) is 20.9. The Morgan fingerprint density at radius 3 is 2.56 bits per heavy atom. The van der Waals surface area contributed by atoms with Crippen LogP contribution in [-0.2, 0) is 24.2 Å². The van der Waals surface area contributed by atoms with E-state index in [1.807, 2.05) is 19.1 Å². The molecule has 0 amide bonds. The highest BCUT2D eigenvalue weighted by molar-refractivity contribution is 5.68. The number of carbonyl (C=O) groups is 1. The smallest absolute Gasteiger partial charge is 0.303 e. The largest absolute Gasteiger partial charge is 0.493 e. The van der Waals surface area contributed by atoms with E-state index in [-0.39, 0.29) is 12.3 Å². The second kappa shape index (κ2) is 12.2. The summed E-state index contributed by atoms with van der Waals surface area (Å²) in [5, 5.41) is 9.15. The number of hydrogen-bond acceptors (Lipinski definition) is 6. The summed E-state index contributed by atoms with van der Waals surface area (Å²) < 4.78 is 12.1. The first-order chi connectivity index (χ1) is 20.0. The minimum atomic E-state index is -0.741. The molecular formula is C34H37N3O4. The van der Waals surface area contributed by atoms with Crippen molar-refractivity contribution in [2.24, 2.45) is 0 Å². The third kappa shape index (κ3) is 6.46. The maximum Gasteiger partial charge on any atom is 0.303 e. The molecule has 1 aromatic heterocycles. The van der Waals surface area contributed by atoms with E-state index in [1.165, 1.54) is 16.8 Å². The number of rotatable bonds is 10. The van der Waals surface area contributed by atoms with Gasteiger partial charge in [0.05, 0.1) is 18.7 Å². The number of nitrogens with zero attached hydrogens (tertiary/aromatic N) is 3. The van der Waals surface area contributed by atoms with Gasteiger partial charge in [0.1, 0.15) is 11.5 Å². The maximum atomic E-state index is 11.1. The highest BCUT2D eigenvalue weighted by Crippen LogP contribution is 2.37. The molecule has 1 fully saturated rings. The number of carboxylic acids is 1. The molecule has 0 spiro atoms. The normalized spacial score (nSPS) is 17.0. The average Bonchev–Trinajstić information content (AvgIpc) is 3.56. The van der Waals surface area contributed by atoms with Crippen molar-refractivity contribution in [3.63, 3.8) is 0 Å². The highest BCUT2D eigenvalue weighted by Gasteiger charge is 2.25. The fourth-order valence-corrected chi connectivity index (χ4v) is 6.06. The van der Waals surface area contributed by atoms with Gasteiger partial charge in [0, 0.05) is 50.4 Å². The fourth-order valence-electron chi connectivity index (χ4n) is 6.06. The van der Waals surface area contributed by atoms with Gasteiger partial charge in [0.2, 0.25) is 5.89 Å². The molecule has 7 nitrogen and oxygen atoms in total. The van der Waals surface area contributed by atoms with Gasteiger partial charge < -0.3 is 19.2 Å². The molecule has 1 N–H and O–H groups in total. The van der Waals surface area contributed by atoms with Crippen molar-refractivity contribution in [3.8, 4) is 17.2 Å². The van der Waals surface area contributed by atoms with E-state index >= 15 is 0 Å². The molecule has 0 bridgehead atoms. The van der Waals surface area contributed by atoms with Gasteiger partial charge in [-0.05, 0) is 78.8 Å². The lowest BCUT2D eigenvalue weighted by molar-refractivity contribution is -0.137. The molecule has 1 saturated heterocycles. The van der Waals surface area contributed by atoms with Crippen LogP contribution < -0.4 is 9.64 Å². The number of anilines is 1. The predicted octanol–water partition coefficient (Wildman–Crippen LogP) is 6.10. The molecule has 0 saturated carbocycles. The Balaban J connectivity index is 1.01. The Hall–Kier alpha value is -4.10. The van der Waals surface area contributed by atoms with E-state index in [0.29, 0.717) is 18.9 Å². The monoisotopic (exact) mass is 551 g/mol. The Bertz CT molecular complexity index is 1470. The number of ether oxygens (including phenoxy) is 1. The van der Waals surface area contributed by atoms with Gasteiger partial charge in [-0.3, -0.25) is 9.69 Å². The van der Waals surface area contributed by atoms with Gasteiger partial charge in [-0.15, -0.1) is 0 Å². The van der Waals surface area contributed by atoms with E-state index in [0.717, 1.165) is 73.9 Å². The molecule has 7 heteroatoms. The number of aryl methyl sites for hydroxylation is 2. The van der Waals surface area contributed by atoms with E-state index in [4.69, 9.17) is 19.2 Å². The molecule has 0 radical (unpaired) electrons. The number of aromatic nitrogens is 1. The van der Waals surface area contributed by atoms with Crippen LogP contribution in [0.25, 0.3) is 11.5 Å². The topological polar surface area (TPSA) is 79.0 Å². The number of piperazine rings is 1. The van der Waals surface area contributed by atoms with Crippen molar-refractivity contribution in [1.29, 1.82) is 0 Å². The highest BCUT2D eigenvalue weighted by atomic mass is 16.5. The maximum absolute atomic E-state index is 11.1. The fraction of sp³-hybridized carbons (Fsp3) is 0.353. The molecule has 4 aromatic rings. The summed E-state index contributed by atoms with van der Waals surface area (Å²) in [6, 6.07) is 25.2. The van der Waals surface area contributed by atoms with Gasteiger partial charge in [-0.2, -0.15) is 0 Å². The standard InChI is InChI=1S/C34H37N3O4/c1-24-32(15-20-40-30-13-14-31-27(21-30)7-8-28(31)22-33(38)39)35-34(41-24)26-9-11-29(12-10-26)37-18-16-36(17-19-37)23-25-5-3-2-4-6-25/h2-6,9-14,21,28H,7-8,15-20,22-23H2,1H3,(H,38,39)/t28-/m0/s1.